The Bertz CT molecular complexity index is 411. The third kappa shape index (κ3) is 3.26. The van der Waals surface area contributed by atoms with Crippen molar-refractivity contribution >= 4 is 11.6 Å². The minimum atomic E-state index is -5.08. The molecule has 0 saturated heterocycles. The van der Waals surface area contributed by atoms with Crippen molar-refractivity contribution in [3.63, 3.8) is 0 Å². The van der Waals surface area contributed by atoms with Gasteiger partial charge in [0.15, 0.2) is 6.10 Å². The van der Waals surface area contributed by atoms with Gasteiger partial charge in [-0.15, -0.1) is 0 Å². The number of benzene rings is 1. The summed E-state index contributed by atoms with van der Waals surface area (Å²) < 4.78 is 73.2. The second-order valence-corrected chi connectivity index (χ2v) is 3.59. The molecule has 0 aliphatic rings. The first-order chi connectivity index (χ1) is 7.53. The van der Waals surface area contributed by atoms with Gasteiger partial charge in [0.1, 0.15) is 0 Å². The smallest absolute Gasteiger partial charge is 0.379 e. The van der Waals surface area contributed by atoms with E-state index in [0.29, 0.717) is 12.1 Å². The van der Waals surface area contributed by atoms with E-state index in [-0.39, 0.29) is 6.07 Å². The van der Waals surface area contributed by atoms with Crippen molar-refractivity contribution in [2.24, 2.45) is 0 Å². The molecule has 0 heterocycles. The van der Waals surface area contributed by atoms with Crippen LogP contribution in [0.1, 0.15) is 17.2 Å². The van der Waals surface area contributed by atoms with E-state index < -0.39 is 34.6 Å². The quantitative estimate of drug-likeness (QED) is 0.771. The maximum absolute atomic E-state index is 12.3. The number of hydrogen-bond donors (Lipinski definition) is 1. The van der Waals surface area contributed by atoms with Crippen molar-refractivity contribution in [3.8, 4) is 0 Å². The molecule has 0 spiro atoms. The fourth-order valence-electron chi connectivity index (χ4n) is 1.11. The maximum atomic E-state index is 12.3. The van der Waals surface area contributed by atoms with Crippen LogP contribution in [0.15, 0.2) is 18.2 Å². The van der Waals surface area contributed by atoms with Crippen LogP contribution in [0, 0.1) is 0 Å². The van der Waals surface area contributed by atoms with E-state index in [9.17, 15) is 26.3 Å². The van der Waals surface area contributed by atoms with E-state index in [1.165, 1.54) is 0 Å². The molecule has 0 radical (unpaired) electrons. The van der Waals surface area contributed by atoms with Gasteiger partial charge in [-0.3, -0.25) is 0 Å². The van der Waals surface area contributed by atoms with Crippen LogP contribution in [0.3, 0.4) is 0 Å². The fraction of sp³-hybridized carbons (Fsp3) is 0.333. The minimum Gasteiger partial charge on any atom is -0.379 e. The van der Waals surface area contributed by atoms with Crippen molar-refractivity contribution < 1.29 is 31.4 Å². The van der Waals surface area contributed by atoms with Gasteiger partial charge in [0, 0.05) is 10.6 Å². The summed E-state index contributed by atoms with van der Waals surface area (Å²) in [6.07, 6.45) is -12.9. The molecule has 0 aliphatic carbocycles. The zero-order valence-electron chi connectivity index (χ0n) is 7.90. The summed E-state index contributed by atoms with van der Waals surface area (Å²) in [7, 11) is 0. The molecule has 1 aromatic carbocycles. The van der Waals surface area contributed by atoms with Gasteiger partial charge in [0.05, 0.1) is 5.56 Å². The zero-order chi connectivity index (χ0) is 13.4. The third-order valence-corrected chi connectivity index (χ3v) is 2.27. The van der Waals surface area contributed by atoms with Gasteiger partial charge < -0.3 is 5.11 Å². The molecule has 17 heavy (non-hydrogen) atoms. The molecular weight excluding hydrogens is 274 g/mol. The Kier molecular flexibility index (Phi) is 3.63. The topological polar surface area (TPSA) is 20.2 Å². The summed E-state index contributed by atoms with van der Waals surface area (Å²) in [5.74, 6) is 0. The van der Waals surface area contributed by atoms with Crippen molar-refractivity contribution in [2.45, 2.75) is 18.5 Å². The molecule has 0 unspecified atom stereocenters. The van der Waals surface area contributed by atoms with E-state index in [1.54, 1.807) is 0 Å². The molecule has 0 fully saturated rings. The van der Waals surface area contributed by atoms with Crippen molar-refractivity contribution in [2.75, 3.05) is 0 Å². The van der Waals surface area contributed by atoms with Crippen LogP contribution < -0.4 is 0 Å². The molecule has 1 N–H and O–H groups in total. The number of halogens is 7. The van der Waals surface area contributed by atoms with E-state index in [2.05, 4.69) is 0 Å². The van der Waals surface area contributed by atoms with Crippen molar-refractivity contribution in [1.29, 1.82) is 0 Å². The Labute approximate surface area is 96.6 Å². The normalized spacial score (nSPS) is 14.8. The van der Waals surface area contributed by atoms with E-state index >= 15 is 0 Å². The minimum absolute atomic E-state index is 0.181. The lowest BCUT2D eigenvalue weighted by Crippen LogP contribution is -2.21. The highest BCUT2D eigenvalue weighted by molar-refractivity contribution is 6.31. The summed E-state index contributed by atoms with van der Waals surface area (Å²) in [4.78, 5) is 0. The summed E-state index contributed by atoms with van der Waals surface area (Å²) >= 11 is 5.32. The molecule has 0 bridgehead atoms. The molecular formula is C9H5ClF6O. The van der Waals surface area contributed by atoms with E-state index in [4.69, 9.17) is 16.7 Å². The molecule has 1 atom stereocenters. The van der Waals surface area contributed by atoms with Gasteiger partial charge in [-0.1, -0.05) is 11.6 Å². The average Bonchev–Trinajstić information content (AvgIpc) is 2.14. The highest BCUT2D eigenvalue weighted by Crippen LogP contribution is 2.39. The molecule has 1 rings (SSSR count). The predicted octanol–water partition coefficient (Wildman–Crippen LogP) is 3.95. The van der Waals surface area contributed by atoms with Gasteiger partial charge >= 0.3 is 12.4 Å². The van der Waals surface area contributed by atoms with E-state index in [0.717, 1.165) is 0 Å². The summed E-state index contributed by atoms with van der Waals surface area (Å²) in [5.41, 5.74) is -2.32. The highest BCUT2D eigenvalue weighted by Gasteiger charge is 2.41. The summed E-state index contributed by atoms with van der Waals surface area (Å²) in [6.45, 7) is 0. The molecule has 1 aromatic rings. The fourth-order valence-corrected chi connectivity index (χ4v) is 1.33. The van der Waals surface area contributed by atoms with Gasteiger partial charge in [0.25, 0.3) is 0 Å². The lowest BCUT2D eigenvalue weighted by atomic mass is 10.1. The third-order valence-electron chi connectivity index (χ3n) is 1.93. The lowest BCUT2D eigenvalue weighted by molar-refractivity contribution is -0.207. The Balaban J connectivity index is 3.25. The van der Waals surface area contributed by atoms with Crippen LogP contribution in [0.25, 0.3) is 0 Å². The van der Waals surface area contributed by atoms with Gasteiger partial charge in [0.2, 0.25) is 0 Å². The standard InChI is InChI=1S/C9H5ClF6O/c10-6-2-1-4(8(11,12)13)3-5(6)7(17)9(14,15)16/h1-3,7,17H/t7-/m1/s1. The SMILES string of the molecule is O[C@H](c1cc(C(F)(F)F)ccc1Cl)C(F)(F)F. The first-order valence-electron chi connectivity index (χ1n) is 4.15. The first-order valence-corrected chi connectivity index (χ1v) is 4.52. The molecule has 1 nitrogen and oxygen atoms in total. The number of rotatable bonds is 1. The Hall–Kier alpha value is -0.950. The Morgan fingerprint density at radius 1 is 1.06 bits per heavy atom. The number of alkyl halides is 6. The Morgan fingerprint density at radius 2 is 1.59 bits per heavy atom. The van der Waals surface area contributed by atoms with Crippen molar-refractivity contribution in [3.05, 3.63) is 34.3 Å². The number of hydrogen-bond acceptors (Lipinski definition) is 1. The van der Waals surface area contributed by atoms with Gasteiger partial charge in [-0.25, -0.2) is 0 Å². The van der Waals surface area contributed by atoms with Gasteiger partial charge in [-0.05, 0) is 18.2 Å². The molecule has 0 aliphatic heterocycles. The van der Waals surface area contributed by atoms with Crippen LogP contribution in [0.4, 0.5) is 26.3 Å². The monoisotopic (exact) mass is 278 g/mol. The first kappa shape index (κ1) is 14.1. The maximum Gasteiger partial charge on any atom is 0.418 e. The van der Waals surface area contributed by atoms with Crippen LogP contribution in [-0.4, -0.2) is 11.3 Å². The molecule has 8 heteroatoms. The highest BCUT2D eigenvalue weighted by atomic mass is 35.5. The van der Waals surface area contributed by atoms with Crippen LogP contribution in [-0.2, 0) is 6.18 Å². The summed E-state index contributed by atoms with van der Waals surface area (Å²) in [5, 5.41) is 8.27. The number of aliphatic hydroxyl groups excluding tert-OH is 1. The molecule has 0 saturated carbocycles. The largest absolute Gasteiger partial charge is 0.418 e. The summed E-state index contributed by atoms with van der Waals surface area (Å²) in [6, 6.07) is 1.38. The average molecular weight is 279 g/mol. The molecule has 0 amide bonds. The van der Waals surface area contributed by atoms with Crippen LogP contribution >= 0.6 is 11.6 Å². The van der Waals surface area contributed by atoms with Crippen molar-refractivity contribution in [1.82, 2.24) is 0 Å². The second kappa shape index (κ2) is 4.38. The van der Waals surface area contributed by atoms with E-state index in [1.807, 2.05) is 0 Å². The zero-order valence-corrected chi connectivity index (χ0v) is 8.66. The predicted molar refractivity (Wildman–Crippen MR) is 47.5 cm³/mol. The number of aliphatic hydroxyl groups is 1. The van der Waals surface area contributed by atoms with Crippen LogP contribution in [0.5, 0.6) is 0 Å². The molecule has 0 aromatic heterocycles. The second-order valence-electron chi connectivity index (χ2n) is 3.18. The lowest BCUT2D eigenvalue weighted by Gasteiger charge is -2.17. The van der Waals surface area contributed by atoms with Crippen LogP contribution in [0.2, 0.25) is 5.02 Å². The van der Waals surface area contributed by atoms with Gasteiger partial charge in [-0.2, -0.15) is 26.3 Å². The molecule has 96 valence electrons. The Morgan fingerprint density at radius 3 is 2.00 bits per heavy atom.